The number of piperidine rings is 1. The van der Waals surface area contributed by atoms with Crippen LogP contribution in [0, 0.1) is 5.92 Å². The normalized spacial score (nSPS) is 20.0. The second-order valence-electron chi connectivity index (χ2n) is 8.35. The van der Waals surface area contributed by atoms with Crippen LogP contribution in [0.15, 0.2) is 30.3 Å². The Hall–Kier alpha value is -1.92. The fraction of sp³-hybridized carbons (Fsp3) is 0.636. The zero-order valence-corrected chi connectivity index (χ0v) is 17.4. The highest BCUT2D eigenvalue weighted by molar-refractivity contribution is 6.07. The van der Waals surface area contributed by atoms with Crippen molar-refractivity contribution in [1.82, 2.24) is 14.7 Å². The summed E-state index contributed by atoms with van der Waals surface area (Å²) < 4.78 is 5.21. The number of hydrogen-bond donors (Lipinski definition) is 0. The first-order valence-electron chi connectivity index (χ1n) is 10.4. The standard InChI is InChI=1S/C22H33N3O3/c1-18(2)17-24-20(26)22(25(21(24)27)15-16-28-3)10-13-23(14-11-22)12-9-19-7-5-4-6-8-19/h4-8,18H,9-17H2,1-3H3. The Bertz CT molecular complexity index is 669. The molecule has 2 fully saturated rings. The summed E-state index contributed by atoms with van der Waals surface area (Å²) in [4.78, 5) is 31.9. The van der Waals surface area contributed by atoms with Gasteiger partial charge in [0.1, 0.15) is 5.54 Å². The van der Waals surface area contributed by atoms with E-state index in [4.69, 9.17) is 4.74 Å². The molecule has 3 amide bonds. The predicted octanol–water partition coefficient (Wildman–Crippen LogP) is 2.63. The molecule has 1 spiro atoms. The number of benzene rings is 1. The molecule has 0 unspecified atom stereocenters. The van der Waals surface area contributed by atoms with E-state index in [0.717, 1.165) is 26.1 Å². The van der Waals surface area contributed by atoms with Crippen LogP contribution in [0.5, 0.6) is 0 Å². The molecule has 1 aromatic carbocycles. The number of carbonyl (C=O) groups excluding carboxylic acids is 2. The van der Waals surface area contributed by atoms with Crippen LogP contribution in [0.25, 0.3) is 0 Å². The van der Waals surface area contributed by atoms with Crippen LogP contribution in [0.3, 0.4) is 0 Å². The first kappa shape index (κ1) is 20.8. The van der Waals surface area contributed by atoms with Crippen molar-refractivity contribution in [3.8, 4) is 0 Å². The van der Waals surface area contributed by atoms with E-state index in [9.17, 15) is 9.59 Å². The van der Waals surface area contributed by atoms with E-state index in [2.05, 4.69) is 29.2 Å². The summed E-state index contributed by atoms with van der Waals surface area (Å²) in [6.45, 7) is 8.15. The van der Waals surface area contributed by atoms with E-state index >= 15 is 0 Å². The highest BCUT2D eigenvalue weighted by Crippen LogP contribution is 2.37. The number of likely N-dealkylation sites (tertiary alicyclic amines) is 1. The minimum absolute atomic E-state index is 0.00925. The molecule has 154 valence electrons. The number of imide groups is 1. The summed E-state index contributed by atoms with van der Waals surface area (Å²) in [6, 6.07) is 10.3. The molecule has 0 atom stereocenters. The van der Waals surface area contributed by atoms with Gasteiger partial charge in [-0.1, -0.05) is 44.2 Å². The highest BCUT2D eigenvalue weighted by atomic mass is 16.5. The van der Waals surface area contributed by atoms with E-state index in [0.29, 0.717) is 32.5 Å². The molecular formula is C22H33N3O3. The molecule has 0 N–H and O–H groups in total. The van der Waals surface area contributed by atoms with Crippen molar-refractivity contribution in [3.05, 3.63) is 35.9 Å². The van der Waals surface area contributed by atoms with Gasteiger partial charge in [0.2, 0.25) is 0 Å². The van der Waals surface area contributed by atoms with E-state index < -0.39 is 5.54 Å². The lowest BCUT2D eigenvalue weighted by Crippen LogP contribution is -2.57. The number of carbonyl (C=O) groups is 2. The Balaban J connectivity index is 1.67. The SMILES string of the molecule is COCCN1C(=O)N(CC(C)C)C(=O)C12CCN(CCc1ccccc1)CC2. The van der Waals surface area contributed by atoms with Crippen LogP contribution in [-0.2, 0) is 16.0 Å². The Labute approximate surface area is 168 Å². The second-order valence-corrected chi connectivity index (χ2v) is 8.35. The maximum atomic E-state index is 13.3. The maximum absolute atomic E-state index is 13.3. The van der Waals surface area contributed by atoms with Crippen molar-refractivity contribution in [2.75, 3.05) is 46.4 Å². The van der Waals surface area contributed by atoms with Gasteiger partial charge >= 0.3 is 6.03 Å². The molecule has 2 aliphatic heterocycles. The average Bonchev–Trinajstić information content (AvgIpc) is 2.88. The second kappa shape index (κ2) is 9.05. The van der Waals surface area contributed by atoms with Gasteiger partial charge in [-0.05, 0) is 30.7 Å². The molecule has 2 heterocycles. The van der Waals surface area contributed by atoms with E-state index in [1.165, 1.54) is 10.5 Å². The smallest absolute Gasteiger partial charge is 0.327 e. The van der Waals surface area contributed by atoms with Crippen LogP contribution < -0.4 is 0 Å². The van der Waals surface area contributed by atoms with Gasteiger partial charge < -0.3 is 14.5 Å². The lowest BCUT2D eigenvalue weighted by atomic mass is 9.85. The van der Waals surface area contributed by atoms with E-state index in [1.807, 2.05) is 19.9 Å². The van der Waals surface area contributed by atoms with Crippen molar-refractivity contribution < 1.29 is 14.3 Å². The molecule has 0 bridgehead atoms. The summed E-state index contributed by atoms with van der Waals surface area (Å²) in [5.41, 5.74) is 0.646. The lowest BCUT2D eigenvalue weighted by molar-refractivity contribution is -0.136. The van der Waals surface area contributed by atoms with Gasteiger partial charge in [-0.2, -0.15) is 0 Å². The fourth-order valence-electron chi connectivity index (χ4n) is 4.36. The van der Waals surface area contributed by atoms with Crippen LogP contribution in [-0.4, -0.2) is 78.6 Å². The maximum Gasteiger partial charge on any atom is 0.327 e. The molecule has 0 saturated carbocycles. The molecule has 6 heteroatoms. The molecule has 6 nitrogen and oxygen atoms in total. The first-order chi connectivity index (χ1) is 13.5. The number of urea groups is 1. The molecule has 2 saturated heterocycles. The summed E-state index contributed by atoms with van der Waals surface area (Å²) in [7, 11) is 1.63. The molecule has 0 radical (unpaired) electrons. The zero-order chi connectivity index (χ0) is 20.1. The molecule has 0 aromatic heterocycles. The van der Waals surface area contributed by atoms with Crippen LogP contribution in [0.4, 0.5) is 4.79 Å². The molecular weight excluding hydrogens is 354 g/mol. The predicted molar refractivity (Wildman–Crippen MR) is 109 cm³/mol. The molecule has 0 aliphatic carbocycles. The van der Waals surface area contributed by atoms with Gasteiger partial charge in [-0.3, -0.25) is 9.69 Å². The van der Waals surface area contributed by atoms with Crippen LogP contribution in [0.2, 0.25) is 0 Å². The van der Waals surface area contributed by atoms with E-state index in [1.54, 1.807) is 12.0 Å². The van der Waals surface area contributed by atoms with Crippen LogP contribution in [0.1, 0.15) is 32.3 Å². The third-order valence-corrected chi connectivity index (χ3v) is 5.93. The Morgan fingerprint density at radius 3 is 2.36 bits per heavy atom. The van der Waals surface area contributed by atoms with Gasteiger partial charge in [0.05, 0.1) is 6.61 Å². The number of ether oxygens (including phenoxy) is 1. The third-order valence-electron chi connectivity index (χ3n) is 5.93. The summed E-state index contributed by atoms with van der Waals surface area (Å²) in [5.74, 6) is 0.253. The number of methoxy groups -OCH3 is 1. The topological polar surface area (TPSA) is 53.1 Å². The number of nitrogens with zero attached hydrogens (tertiary/aromatic N) is 3. The minimum atomic E-state index is -0.687. The Morgan fingerprint density at radius 1 is 1.07 bits per heavy atom. The van der Waals surface area contributed by atoms with Crippen molar-refractivity contribution in [2.45, 2.75) is 38.6 Å². The molecule has 28 heavy (non-hydrogen) atoms. The number of amides is 3. The quantitative estimate of drug-likeness (QED) is 0.644. The zero-order valence-electron chi connectivity index (χ0n) is 17.4. The van der Waals surface area contributed by atoms with Crippen molar-refractivity contribution in [3.63, 3.8) is 0 Å². The molecule has 1 aromatic rings. The number of rotatable bonds is 8. The van der Waals surface area contributed by atoms with Gasteiger partial charge in [0.25, 0.3) is 5.91 Å². The fourth-order valence-corrected chi connectivity index (χ4v) is 4.36. The Morgan fingerprint density at radius 2 is 1.75 bits per heavy atom. The van der Waals surface area contributed by atoms with Crippen molar-refractivity contribution in [2.24, 2.45) is 5.92 Å². The first-order valence-corrected chi connectivity index (χ1v) is 10.4. The molecule has 2 aliphatic rings. The Kier molecular flexibility index (Phi) is 6.73. The van der Waals surface area contributed by atoms with Gasteiger partial charge in [0, 0.05) is 39.8 Å². The van der Waals surface area contributed by atoms with Crippen LogP contribution >= 0.6 is 0 Å². The monoisotopic (exact) mass is 387 g/mol. The highest BCUT2D eigenvalue weighted by Gasteiger charge is 2.57. The summed E-state index contributed by atoms with van der Waals surface area (Å²) >= 11 is 0. The summed E-state index contributed by atoms with van der Waals surface area (Å²) in [6.07, 6.45) is 2.41. The summed E-state index contributed by atoms with van der Waals surface area (Å²) in [5, 5.41) is 0. The number of hydrogen-bond acceptors (Lipinski definition) is 4. The lowest BCUT2D eigenvalue weighted by Gasteiger charge is -2.42. The van der Waals surface area contributed by atoms with E-state index in [-0.39, 0.29) is 17.9 Å². The van der Waals surface area contributed by atoms with Gasteiger partial charge in [0.15, 0.2) is 0 Å². The third kappa shape index (κ3) is 4.23. The minimum Gasteiger partial charge on any atom is -0.383 e. The molecule has 3 rings (SSSR count). The van der Waals surface area contributed by atoms with Gasteiger partial charge in [-0.15, -0.1) is 0 Å². The van der Waals surface area contributed by atoms with Crippen molar-refractivity contribution >= 4 is 11.9 Å². The average molecular weight is 388 g/mol. The van der Waals surface area contributed by atoms with Gasteiger partial charge in [-0.25, -0.2) is 4.79 Å². The van der Waals surface area contributed by atoms with Crippen molar-refractivity contribution in [1.29, 1.82) is 0 Å². The largest absolute Gasteiger partial charge is 0.383 e.